The second kappa shape index (κ2) is 39.8. The first-order chi connectivity index (χ1) is 30.8. The van der Waals surface area contributed by atoms with Gasteiger partial charge in [0.25, 0.3) is 0 Å². The van der Waals surface area contributed by atoms with Crippen LogP contribution in [-0.2, 0) is 61.6 Å². The van der Waals surface area contributed by atoms with Crippen LogP contribution in [0.25, 0.3) is 11.1 Å². The third kappa shape index (κ3) is 27.4. The SMILES string of the molecule is CCCCCCCOCCOCCOCCOCCOCCOCCOCCOCCOCCOCCOCCOCCCNC(=O)OCC1c2ccccc2-c2ccccc21. The largest absolute Gasteiger partial charge is 0.449 e. The van der Waals surface area contributed by atoms with E-state index in [1.54, 1.807) is 0 Å². The first-order valence-corrected chi connectivity index (χ1v) is 22.8. The van der Waals surface area contributed by atoms with Gasteiger partial charge in [-0.2, -0.15) is 0 Å². The minimum Gasteiger partial charge on any atom is -0.449 e. The Labute approximate surface area is 370 Å². The summed E-state index contributed by atoms with van der Waals surface area (Å²) >= 11 is 0. The highest BCUT2D eigenvalue weighted by Gasteiger charge is 2.29. The van der Waals surface area contributed by atoms with Gasteiger partial charge in [0.05, 0.1) is 145 Å². The summed E-state index contributed by atoms with van der Waals surface area (Å²) in [6.07, 6.45) is 6.52. The van der Waals surface area contributed by atoms with Gasteiger partial charge in [-0.15, -0.1) is 0 Å². The molecule has 0 radical (unpaired) electrons. The van der Waals surface area contributed by atoms with Crippen LogP contribution in [0.3, 0.4) is 0 Å². The fourth-order valence-electron chi connectivity index (χ4n) is 6.34. The molecule has 2 aromatic carbocycles. The van der Waals surface area contributed by atoms with Crippen LogP contribution in [0.5, 0.6) is 0 Å². The van der Waals surface area contributed by atoms with Crippen molar-refractivity contribution in [1.82, 2.24) is 5.32 Å². The van der Waals surface area contributed by atoms with E-state index in [4.69, 9.17) is 61.6 Å². The zero-order chi connectivity index (χ0) is 43.6. The van der Waals surface area contributed by atoms with Gasteiger partial charge >= 0.3 is 6.09 Å². The first kappa shape index (κ1) is 53.6. The molecule has 0 saturated carbocycles. The molecule has 0 heterocycles. The molecule has 0 spiro atoms. The van der Waals surface area contributed by atoms with Gasteiger partial charge in [0.2, 0.25) is 0 Å². The van der Waals surface area contributed by atoms with E-state index >= 15 is 0 Å². The minimum absolute atomic E-state index is 0.0484. The number of carbonyl (C=O) groups is 1. The number of rotatable bonds is 45. The Balaban J connectivity index is 0.911. The molecule has 3 rings (SSSR count). The van der Waals surface area contributed by atoms with Gasteiger partial charge in [-0.3, -0.25) is 0 Å². The number of hydrogen-bond donors (Lipinski definition) is 1. The van der Waals surface area contributed by atoms with E-state index in [1.807, 2.05) is 24.3 Å². The molecule has 354 valence electrons. The molecular weight excluding hydrogens is 803 g/mol. The van der Waals surface area contributed by atoms with E-state index in [2.05, 4.69) is 36.5 Å². The van der Waals surface area contributed by atoms with Crippen LogP contribution in [0.15, 0.2) is 48.5 Å². The number of alkyl carbamates (subject to hydrolysis) is 1. The fraction of sp³-hybridized carbons (Fsp3) is 0.723. The van der Waals surface area contributed by atoms with E-state index in [0.717, 1.165) is 13.0 Å². The smallest absolute Gasteiger partial charge is 0.407 e. The summed E-state index contributed by atoms with van der Waals surface area (Å²) in [7, 11) is 0. The van der Waals surface area contributed by atoms with Gasteiger partial charge in [-0.05, 0) is 35.1 Å². The van der Waals surface area contributed by atoms with Crippen LogP contribution < -0.4 is 5.32 Å². The molecule has 0 aliphatic heterocycles. The number of unbranched alkanes of at least 4 members (excludes halogenated alkanes) is 4. The molecule has 1 amide bonds. The Kier molecular flexibility index (Phi) is 34.4. The number of fused-ring (bicyclic) bond motifs is 3. The molecular formula is C47H77NO14. The standard InChI is InChI=1S/C47H77NO14/c1-2-3-4-5-10-17-50-19-21-52-23-25-54-27-29-56-31-33-58-35-37-60-39-40-61-38-36-59-34-32-57-30-28-55-26-24-53-22-20-51-18-11-16-48-47(49)62-41-46-44-14-8-6-12-42(44)43-13-7-9-15-45(43)46/h6-9,12-15,46H,2-5,10-11,16-41H2,1H3,(H,48,49). The summed E-state index contributed by atoms with van der Waals surface area (Å²) in [5.41, 5.74) is 4.81. The molecule has 15 nitrogen and oxygen atoms in total. The maximum Gasteiger partial charge on any atom is 0.407 e. The van der Waals surface area contributed by atoms with Crippen LogP contribution in [0, 0.1) is 0 Å². The highest BCUT2D eigenvalue weighted by molar-refractivity contribution is 5.79. The third-order valence-corrected chi connectivity index (χ3v) is 9.56. The molecule has 62 heavy (non-hydrogen) atoms. The Morgan fingerprint density at radius 1 is 0.403 bits per heavy atom. The molecule has 0 bridgehead atoms. The molecule has 15 heteroatoms. The number of hydrogen-bond acceptors (Lipinski definition) is 14. The lowest BCUT2D eigenvalue weighted by Gasteiger charge is -2.14. The van der Waals surface area contributed by atoms with Gasteiger partial charge in [0, 0.05) is 25.7 Å². The lowest BCUT2D eigenvalue weighted by molar-refractivity contribution is -0.0283. The van der Waals surface area contributed by atoms with Gasteiger partial charge in [0.1, 0.15) is 6.61 Å². The summed E-state index contributed by atoms with van der Waals surface area (Å²) in [6, 6.07) is 16.6. The van der Waals surface area contributed by atoms with Crippen molar-refractivity contribution in [3.8, 4) is 11.1 Å². The molecule has 2 aromatic rings. The normalized spacial score (nSPS) is 12.2. The highest BCUT2D eigenvalue weighted by Crippen LogP contribution is 2.44. The van der Waals surface area contributed by atoms with E-state index < -0.39 is 6.09 Å². The maximum absolute atomic E-state index is 12.3. The molecule has 0 atom stereocenters. The van der Waals surface area contributed by atoms with Crippen molar-refractivity contribution >= 4 is 6.09 Å². The number of carbonyl (C=O) groups excluding carboxylic acids is 1. The number of amides is 1. The molecule has 1 N–H and O–H groups in total. The van der Waals surface area contributed by atoms with Crippen LogP contribution in [0.1, 0.15) is 62.5 Å². The van der Waals surface area contributed by atoms with Gasteiger partial charge in [-0.25, -0.2) is 4.79 Å². The molecule has 0 saturated heterocycles. The van der Waals surface area contributed by atoms with E-state index in [1.165, 1.54) is 47.9 Å². The molecule has 0 unspecified atom stereocenters. The zero-order valence-electron chi connectivity index (χ0n) is 37.5. The van der Waals surface area contributed by atoms with Gasteiger partial charge in [-0.1, -0.05) is 81.1 Å². The summed E-state index contributed by atoms with van der Waals surface area (Å²) in [6.45, 7) is 15.7. The average molecular weight is 880 g/mol. The van der Waals surface area contributed by atoms with Crippen molar-refractivity contribution in [3.05, 3.63) is 59.7 Å². The van der Waals surface area contributed by atoms with E-state index in [-0.39, 0.29) is 5.92 Å². The maximum atomic E-state index is 12.3. The minimum atomic E-state index is -0.415. The summed E-state index contributed by atoms with van der Waals surface area (Å²) in [5.74, 6) is 0.0484. The monoisotopic (exact) mass is 880 g/mol. The fourth-order valence-corrected chi connectivity index (χ4v) is 6.34. The second-order valence-electron chi connectivity index (χ2n) is 14.4. The Hall–Kier alpha value is -2.77. The van der Waals surface area contributed by atoms with E-state index in [0.29, 0.717) is 172 Å². The average Bonchev–Trinajstić information content (AvgIpc) is 3.61. The highest BCUT2D eigenvalue weighted by atomic mass is 16.6. The van der Waals surface area contributed by atoms with Crippen molar-refractivity contribution in [2.75, 3.05) is 172 Å². The number of ether oxygens (including phenoxy) is 13. The second-order valence-corrected chi connectivity index (χ2v) is 14.4. The van der Waals surface area contributed by atoms with Gasteiger partial charge < -0.3 is 66.9 Å². The third-order valence-electron chi connectivity index (χ3n) is 9.56. The van der Waals surface area contributed by atoms with E-state index in [9.17, 15) is 4.79 Å². The quantitative estimate of drug-likeness (QED) is 0.0766. The van der Waals surface area contributed by atoms with Crippen LogP contribution >= 0.6 is 0 Å². The Bertz CT molecular complexity index is 1280. The summed E-state index contributed by atoms with van der Waals surface area (Å²) in [4.78, 5) is 12.3. The molecule has 0 fully saturated rings. The van der Waals surface area contributed by atoms with Crippen LogP contribution in [0.4, 0.5) is 4.79 Å². The van der Waals surface area contributed by atoms with Crippen LogP contribution in [-0.4, -0.2) is 178 Å². The number of benzene rings is 2. The van der Waals surface area contributed by atoms with Crippen LogP contribution in [0.2, 0.25) is 0 Å². The number of nitrogens with one attached hydrogen (secondary N) is 1. The molecule has 0 aromatic heterocycles. The summed E-state index contributed by atoms with van der Waals surface area (Å²) in [5, 5.41) is 2.81. The molecule has 1 aliphatic rings. The predicted molar refractivity (Wildman–Crippen MR) is 236 cm³/mol. The lowest BCUT2D eigenvalue weighted by atomic mass is 9.98. The zero-order valence-corrected chi connectivity index (χ0v) is 37.5. The lowest BCUT2D eigenvalue weighted by Crippen LogP contribution is -2.27. The Morgan fingerprint density at radius 2 is 0.710 bits per heavy atom. The summed E-state index contributed by atoms with van der Waals surface area (Å²) < 4.78 is 71.9. The molecule has 1 aliphatic carbocycles. The predicted octanol–water partition coefficient (Wildman–Crippen LogP) is 6.08. The Morgan fingerprint density at radius 3 is 1.06 bits per heavy atom. The van der Waals surface area contributed by atoms with Gasteiger partial charge in [0.15, 0.2) is 0 Å². The van der Waals surface area contributed by atoms with Crippen molar-refractivity contribution in [2.24, 2.45) is 0 Å². The van der Waals surface area contributed by atoms with Crippen molar-refractivity contribution in [1.29, 1.82) is 0 Å². The first-order valence-electron chi connectivity index (χ1n) is 22.8. The van der Waals surface area contributed by atoms with Crippen molar-refractivity contribution in [3.63, 3.8) is 0 Å². The topological polar surface area (TPSA) is 149 Å². The van der Waals surface area contributed by atoms with Crippen molar-refractivity contribution in [2.45, 2.75) is 51.4 Å². The van der Waals surface area contributed by atoms with Crippen molar-refractivity contribution < 1.29 is 66.4 Å².